The normalized spacial score (nSPS) is 15.4. The van der Waals surface area contributed by atoms with Crippen LogP contribution in [0.5, 0.6) is 0 Å². The van der Waals surface area contributed by atoms with Crippen LogP contribution in [0.4, 0.5) is 10.4 Å². The van der Waals surface area contributed by atoms with E-state index in [1.807, 2.05) is 12.1 Å². The van der Waals surface area contributed by atoms with Crippen LogP contribution in [-0.2, 0) is 12.1 Å². The van der Waals surface area contributed by atoms with Gasteiger partial charge in [-0.2, -0.15) is 0 Å². The lowest BCUT2D eigenvalue weighted by Gasteiger charge is -2.15. The third-order valence-electron chi connectivity index (χ3n) is 5.66. The van der Waals surface area contributed by atoms with Gasteiger partial charge in [-0.3, -0.25) is 0 Å². The molecule has 4 aromatic rings. The molecule has 2 aromatic heterocycles. The van der Waals surface area contributed by atoms with Crippen molar-refractivity contribution in [3.05, 3.63) is 76.2 Å². The SMILES string of the molecule is O=c1cc(-c2ccc(F)cc2)c2ccc(CNc3nnc(C4(O)CCCC4)o3)cc2o1. The molecule has 1 fully saturated rings. The maximum Gasteiger partial charge on any atom is 0.336 e. The molecule has 2 heterocycles. The third-order valence-corrected chi connectivity index (χ3v) is 5.66. The summed E-state index contributed by atoms with van der Waals surface area (Å²) in [5, 5.41) is 22.3. The van der Waals surface area contributed by atoms with Crippen molar-refractivity contribution in [2.75, 3.05) is 5.32 Å². The van der Waals surface area contributed by atoms with Crippen LogP contribution in [0.15, 0.2) is 62.2 Å². The molecule has 5 rings (SSSR count). The molecule has 8 heteroatoms. The molecule has 1 saturated carbocycles. The van der Waals surface area contributed by atoms with Gasteiger partial charge in [0.05, 0.1) is 0 Å². The van der Waals surface area contributed by atoms with E-state index >= 15 is 0 Å². The maximum atomic E-state index is 13.3. The van der Waals surface area contributed by atoms with Gasteiger partial charge in [0.25, 0.3) is 0 Å². The van der Waals surface area contributed by atoms with Crippen LogP contribution >= 0.6 is 0 Å². The molecule has 7 nitrogen and oxygen atoms in total. The molecule has 31 heavy (non-hydrogen) atoms. The first-order chi connectivity index (χ1) is 15.0. The standard InChI is InChI=1S/C23H20FN3O4/c24-16-6-4-15(5-7-16)18-12-20(28)30-19-11-14(3-8-17(18)19)13-25-22-27-26-21(31-22)23(29)9-1-2-10-23/h3-8,11-12,29H,1-2,9-10,13H2,(H,25,27). The number of aromatic nitrogens is 2. The average molecular weight is 421 g/mol. The molecule has 158 valence electrons. The van der Waals surface area contributed by atoms with Crippen molar-refractivity contribution in [1.29, 1.82) is 0 Å². The first kappa shape index (κ1) is 19.4. The minimum Gasteiger partial charge on any atom is -0.423 e. The summed E-state index contributed by atoms with van der Waals surface area (Å²) in [7, 11) is 0. The Labute approximate surface area is 176 Å². The second kappa shape index (κ2) is 7.63. The summed E-state index contributed by atoms with van der Waals surface area (Å²) in [6.07, 6.45) is 3.11. The molecule has 0 amide bonds. The van der Waals surface area contributed by atoms with Crippen LogP contribution in [-0.4, -0.2) is 15.3 Å². The number of hydrogen-bond acceptors (Lipinski definition) is 7. The first-order valence-electron chi connectivity index (χ1n) is 10.1. The molecule has 0 saturated heterocycles. The van der Waals surface area contributed by atoms with Gasteiger partial charge in [0.15, 0.2) is 0 Å². The second-order valence-electron chi connectivity index (χ2n) is 7.82. The highest BCUT2D eigenvalue weighted by Crippen LogP contribution is 2.38. The number of nitrogens with one attached hydrogen (secondary N) is 1. The van der Waals surface area contributed by atoms with E-state index in [-0.39, 0.29) is 17.7 Å². The Morgan fingerprint density at radius 2 is 1.81 bits per heavy atom. The highest BCUT2D eigenvalue weighted by molar-refractivity contribution is 5.93. The predicted octanol–water partition coefficient (Wildman–Crippen LogP) is 4.36. The van der Waals surface area contributed by atoms with E-state index in [0.29, 0.717) is 30.5 Å². The van der Waals surface area contributed by atoms with Gasteiger partial charge in [-0.1, -0.05) is 29.4 Å². The Hall–Kier alpha value is -3.52. The molecule has 0 atom stereocenters. The Kier molecular flexibility index (Phi) is 4.78. The fourth-order valence-electron chi connectivity index (χ4n) is 4.02. The van der Waals surface area contributed by atoms with E-state index in [9.17, 15) is 14.3 Å². The Balaban J connectivity index is 1.39. The molecular formula is C23H20FN3O4. The van der Waals surface area contributed by atoms with E-state index in [4.69, 9.17) is 8.83 Å². The zero-order chi connectivity index (χ0) is 21.4. The summed E-state index contributed by atoms with van der Waals surface area (Å²) < 4.78 is 24.2. The zero-order valence-electron chi connectivity index (χ0n) is 16.6. The van der Waals surface area contributed by atoms with Crippen molar-refractivity contribution < 1.29 is 18.3 Å². The summed E-state index contributed by atoms with van der Waals surface area (Å²) in [6.45, 7) is 0.362. The molecule has 0 unspecified atom stereocenters. The van der Waals surface area contributed by atoms with Crippen molar-refractivity contribution in [3.8, 4) is 11.1 Å². The highest BCUT2D eigenvalue weighted by atomic mass is 19.1. The van der Waals surface area contributed by atoms with Gasteiger partial charge in [-0.05, 0) is 60.6 Å². The largest absolute Gasteiger partial charge is 0.423 e. The number of fused-ring (bicyclic) bond motifs is 1. The predicted molar refractivity (Wildman–Crippen MR) is 112 cm³/mol. The average Bonchev–Trinajstić information content (AvgIpc) is 3.42. The van der Waals surface area contributed by atoms with Crippen molar-refractivity contribution >= 4 is 17.0 Å². The minimum atomic E-state index is -1.03. The van der Waals surface area contributed by atoms with Gasteiger partial charge in [0.2, 0.25) is 5.89 Å². The molecule has 0 aliphatic heterocycles. The van der Waals surface area contributed by atoms with Gasteiger partial charge in [0.1, 0.15) is 17.0 Å². The van der Waals surface area contributed by atoms with E-state index < -0.39 is 11.2 Å². The van der Waals surface area contributed by atoms with Crippen LogP contribution in [0.25, 0.3) is 22.1 Å². The molecule has 2 N–H and O–H groups in total. The lowest BCUT2D eigenvalue weighted by Crippen LogP contribution is -2.21. The lowest BCUT2D eigenvalue weighted by atomic mass is 10.0. The number of hydrogen-bond donors (Lipinski definition) is 2. The number of anilines is 1. The van der Waals surface area contributed by atoms with E-state index in [1.165, 1.54) is 18.2 Å². The van der Waals surface area contributed by atoms with Crippen LogP contribution < -0.4 is 10.9 Å². The molecule has 1 aliphatic rings. The van der Waals surface area contributed by atoms with Crippen molar-refractivity contribution in [2.24, 2.45) is 0 Å². The summed E-state index contributed by atoms with van der Waals surface area (Å²) in [4.78, 5) is 12.1. The molecule has 1 aliphatic carbocycles. The maximum absolute atomic E-state index is 13.3. The lowest BCUT2D eigenvalue weighted by molar-refractivity contribution is 0.0170. The van der Waals surface area contributed by atoms with Crippen LogP contribution in [0.1, 0.15) is 37.1 Å². The van der Waals surface area contributed by atoms with Crippen LogP contribution in [0.3, 0.4) is 0 Å². The molecule has 0 bridgehead atoms. The van der Waals surface area contributed by atoms with Crippen molar-refractivity contribution in [1.82, 2.24) is 10.2 Å². The summed E-state index contributed by atoms with van der Waals surface area (Å²) in [6, 6.07) is 13.1. The topological polar surface area (TPSA) is 101 Å². The van der Waals surface area contributed by atoms with E-state index in [2.05, 4.69) is 15.5 Å². The smallest absolute Gasteiger partial charge is 0.336 e. The molecule has 2 aromatic carbocycles. The molecular weight excluding hydrogens is 401 g/mol. The number of nitrogens with zero attached hydrogens (tertiary/aromatic N) is 2. The summed E-state index contributed by atoms with van der Waals surface area (Å²) >= 11 is 0. The second-order valence-corrected chi connectivity index (χ2v) is 7.82. The van der Waals surface area contributed by atoms with Crippen molar-refractivity contribution in [2.45, 2.75) is 37.8 Å². The Morgan fingerprint density at radius 3 is 2.58 bits per heavy atom. The first-order valence-corrected chi connectivity index (χ1v) is 10.1. The van der Waals surface area contributed by atoms with Crippen molar-refractivity contribution in [3.63, 3.8) is 0 Å². The zero-order valence-corrected chi connectivity index (χ0v) is 16.6. The summed E-state index contributed by atoms with van der Waals surface area (Å²) in [5.74, 6) is -0.102. The van der Waals surface area contributed by atoms with Gasteiger partial charge in [-0.25, -0.2) is 9.18 Å². The van der Waals surface area contributed by atoms with Crippen LogP contribution in [0, 0.1) is 5.82 Å². The Morgan fingerprint density at radius 1 is 1.03 bits per heavy atom. The minimum absolute atomic E-state index is 0.219. The fraction of sp³-hybridized carbons (Fsp3) is 0.261. The monoisotopic (exact) mass is 421 g/mol. The van der Waals surface area contributed by atoms with Crippen LogP contribution in [0.2, 0.25) is 0 Å². The number of aliphatic hydroxyl groups is 1. The number of benzene rings is 2. The Bertz CT molecular complexity index is 1290. The van der Waals surface area contributed by atoms with E-state index in [1.54, 1.807) is 18.2 Å². The number of rotatable bonds is 5. The van der Waals surface area contributed by atoms with Gasteiger partial charge in [-0.15, -0.1) is 5.10 Å². The van der Waals surface area contributed by atoms with Gasteiger partial charge in [0, 0.05) is 18.0 Å². The van der Waals surface area contributed by atoms with E-state index in [0.717, 1.165) is 29.4 Å². The molecule has 0 radical (unpaired) electrons. The number of halogens is 1. The highest BCUT2D eigenvalue weighted by Gasteiger charge is 2.38. The fourth-order valence-corrected chi connectivity index (χ4v) is 4.02. The quantitative estimate of drug-likeness (QED) is 0.462. The van der Waals surface area contributed by atoms with Gasteiger partial charge < -0.3 is 19.3 Å². The summed E-state index contributed by atoms with van der Waals surface area (Å²) in [5.41, 5.74) is 1.16. The van der Waals surface area contributed by atoms with Gasteiger partial charge >= 0.3 is 11.6 Å². The molecule has 0 spiro atoms. The third kappa shape index (κ3) is 3.82.